The van der Waals surface area contributed by atoms with Crippen LogP contribution in [0.4, 0.5) is 0 Å². The largest absolute Gasteiger partial charge is 0.309 e. The molecule has 2 aromatic heterocycles. The number of aromatic nitrogens is 1. The van der Waals surface area contributed by atoms with Crippen LogP contribution in [-0.4, -0.2) is 10.3 Å². The minimum atomic E-state index is 0.0282. The number of hydrogen-bond acceptors (Lipinski definition) is 2. The summed E-state index contributed by atoms with van der Waals surface area (Å²) in [7, 11) is 0. The Morgan fingerprint density at radius 1 is 0.525 bits per heavy atom. The Morgan fingerprint density at radius 2 is 1.18 bits per heavy atom. The van der Waals surface area contributed by atoms with E-state index >= 15 is 0 Å². The molecule has 0 amide bonds. The Balaban J connectivity index is 1.11. The van der Waals surface area contributed by atoms with E-state index in [2.05, 4.69) is 200 Å². The van der Waals surface area contributed by atoms with Gasteiger partial charge in [0.15, 0.2) is 0 Å². The zero-order valence-electron chi connectivity index (χ0n) is 34.6. The predicted molar refractivity (Wildman–Crippen MR) is 263 cm³/mol. The van der Waals surface area contributed by atoms with Crippen molar-refractivity contribution in [1.29, 1.82) is 0 Å². The van der Waals surface area contributed by atoms with Gasteiger partial charge in [-0.2, -0.15) is 0 Å². The first-order valence-corrected chi connectivity index (χ1v) is 22.9. The molecule has 0 aliphatic carbocycles. The van der Waals surface area contributed by atoms with Crippen molar-refractivity contribution in [1.82, 2.24) is 4.57 Å². The van der Waals surface area contributed by atoms with Crippen molar-refractivity contribution in [2.24, 2.45) is 16.8 Å². The van der Waals surface area contributed by atoms with Crippen molar-refractivity contribution in [2.45, 2.75) is 45.1 Å². The average Bonchev–Trinajstić information content (AvgIpc) is 3.85. The quantitative estimate of drug-likeness (QED) is 0.154. The molecule has 3 unspecified atom stereocenters. The van der Waals surface area contributed by atoms with Crippen LogP contribution in [0.5, 0.6) is 0 Å². The van der Waals surface area contributed by atoms with E-state index in [1.807, 2.05) is 11.3 Å². The normalized spacial score (nSPS) is 18.7. The zero-order chi connectivity index (χ0) is 40.6. The molecule has 2 nitrogen and oxygen atoms in total. The molecule has 0 spiro atoms. The first kappa shape index (κ1) is 36.3. The fraction of sp³-hybridized carbons (Fsp3) is 0.155. The van der Waals surface area contributed by atoms with Crippen LogP contribution in [0.15, 0.2) is 187 Å². The highest BCUT2D eigenvalue weighted by Gasteiger charge is 2.35. The highest BCUT2D eigenvalue weighted by atomic mass is 32.1. The van der Waals surface area contributed by atoms with Gasteiger partial charge in [-0.3, -0.25) is 4.99 Å². The third-order valence-electron chi connectivity index (χ3n) is 13.9. The molecule has 0 N–H and O–H groups in total. The Labute approximate surface area is 360 Å². The molecule has 11 aromatic rings. The summed E-state index contributed by atoms with van der Waals surface area (Å²) in [6, 6.07) is 68.2. The van der Waals surface area contributed by atoms with Crippen molar-refractivity contribution in [2.75, 3.05) is 0 Å². The minimum Gasteiger partial charge on any atom is -0.309 e. The third kappa shape index (κ3) is 5.86. The second kappa shape index (κ2) is 14.6. The highest BCUT2D eigenvalue weighted by Crippen LogP contribution is 2.49. The summed E-state index contributed by atoms with van der Waals surface area (Å²) in [5, 5.41) is 13.1. The maximum Gasteiger partial charge on any atom is 0.0784 e. The molecule has 3 heteroatoms. The lowest BCUT2D eigenvalue weighted by molar-refractivity contribution is 0.364. The summed E-state index contributed by atoms with van der Waals surface area (Å²) in [4.78, 5) is 6.07. The van der Waals surface area contributed by atoms with Gasteiger partial charge in [0.2, 0.25) is 0 Å². The number of fused-ring (bicyclic) bond motifs is 10. The maximum absolute atomic E-state index is 6.07. The van der Waals surface area contributed by atoms with E-state index in [9.17, 15) is 0 Å². The summed E-state index contributed by atoms with van der Waals surface area (Å²) in [5.41, 5.74) is 9.00. The first-order valence-electron chi connectivity index (χ1n) is 22.0. The lowest BCUT2D eigenvalue weighted by Gasteiger charge is -2.36. The summed E-state index contributed by atoms with van der Waals surface area (Å²) in [5.74, 6) is 0.797. The number of thiophene rings is 1. The van der Waals surface area contributed by atoms with E-state index in [1.54, 1.807) is 0 Å². The van der Waals surface area contributed by atoms with Crippen LogP contribution in [0, 0.1) is 11.8 Å². The molecule has 9 aromatic carbocycles. The molecular weight excluding hydrogens is 757 g/mol. The molecule has 1 aliphatic rings. The van der Waals surface area contributed by atoms with E-state index in [-0.39, 0.29) is 17.9 Å². The molecule has 0 saturated carbocycles. The standard InChI is InChI=1S/C58H46N2S/c1-3-42-46(30-29-36(2)57(59-58(42)37-17-5-4-6-18-37)51-32-40-21-9-10-22-43(40)44-23-11-12-24-45(44)51)50-34-41(35-55-56(50)48-26-14-16-28-54(48)61-55)60-52-27-15-13-25-47(52)49-31-38-19-7-8-20-39(38)33-53(49)60/h4-28,31-36,42,46,57H,3,29-30H2,1-2H3/t36-,42?,46?,57?/m0/s1. The van der Waals surface area contributed by atoms with Crippen molar-refractivity contribution in [3.05, 3.63) is 199 Å². The maximum atomic E-state index is 6.07. The Morgan fingerprint density at radius 3 is 1.98 bits per heavy atom. The van der Waals surface area contributed by atoms with E-state index in [0.29, 0.717) is 5.92 Å². The number of aliphatic imine (C=N–C) groups is 1. The number of benzene rings is 9. The second-order valence-corrected chi connectivity index (χ2v) is 18.4. The van der Waals surface area contributed by atoms with Gasteiger partial charge in [0, 0.05) is 48.3 Å². The number of rotatable bonds is 5. The van der Waals surface area contributed by atoms with E-state index in [1.165, 1.54) is 102 Å². The van der Waals surface area contributed by atoms with Crippen LogP contribution < -0.4 is 0 Å². The van der Waals surface area contributed by atoms with Crippen molar-refractivity contribution in [3.8, 4) is 5.69 Å². The van der Waals surface area contributed by atoms with Crippen LogP contribution in [0.1, 0.15) is 61.8 Å². The van der Waals surface area contributed by atoms with Crippen LogP contribution in [-0.2, 0) is 0 Å². The van der Waals surface area contributed by atoms with E-state index in [4.69, 9.17) is 4.99 Å². The Bertz CT molecular complexity index is 3520. The smallest absolute Gasteiger partial charge is 0.0784 e. The van der Waals surface area contributed by atoms with Crippen molar-refractivity contribution >= 4 is 91.3 Å². The fourth-order valence-electron chi connectivity index (χ4n) is 11.0. The van der Waals surface area contributed by atoms with Crippen LogP contribution in [0.3, 0.4) is 0 Å². The molecule has 12 rings (SSSR count). The van der Waals surface area contributed by atoms with Gasteiger partial charge in [0.25, 0.3) is 0 Å². The minimum absolute atomic E-state index is 0.0282. The predicted octanol–water partition coefficient (Wildman–Crippen LogP) is 16.4. The van der Waals surface area contributed by atoms with Crippen LogP contribution in [0.2, 0.25) is 0 Å². The summed E-state index contributed by atoms with van der Waals surface area (Å²) in [6.07, 6.45) is 3.15. The Kier molecular flexibility index (Phi) is 8.68. The van der Waals surface area contributed by atoms with Gasteiger partial charge in [0.05, 0.1) is 17.1 Å². The summed E-state index contributed by atoms with van der Waals surface area (Å²) < 4.78 is 5.24. The van der Waals surface area contributed by atoms with Crippen molar-refractivity contribution < 1.29 is 0 Å². The molecule has 0 radical (unpaired) electrons. The number of para-hydroxylation sites is 1. The molecule has 294 valence electrons. The summed E-state index contributed by atoms with van der Waals surface area (Å²) >= 11 is 1.94. The highest BCUT2D eigenvalue weighted by molar-refractivity contribution is 7.25. The molecule has 4 atom stereocenters. The first-order chi connectivity index (χ1) is 30.1. The van der Waals surface area contributed by atoms with Gasteiger partial charge in [-0.05, 0) is 123 Å². The third-order valence-corrected chi connectivity index (χ3v) is 15.0. The van der Waals surface area contributed by atoms with E-state index in [0.717, 1.165) is 19.3 Å². The van der Waals surface area contributed by atoms with Gasteiger partial charge in [-0.1, -0.05) is 153 Å². The lowest BCUT2D eigenvalue weighted by atomic mass is 9.72. The molecule has 0 saturated heterocycles. The molecule has 0 fully saturated rings. The number of hydrogen-bond donors (Lipinski definition) is 0. The van der Waals surface area contributed by atoms with Gasteiger partial charge in [-0.25, -0.2) is 0 Å². The molecule has 0 bridgehead atoms. The van der Waals surface area contributed by atoms with Gasteiger partial charge < -0.3 is 4.57 Å². The van der Waals surface area contributed by atoms with Gasteiger partial charge >= 0.3 is 0 Å². The van der Waals surface area contributed by atoms with Gasteiger partial charge in [0.1, 0.15) is 0 Å². The SMILES string of the molecule is CCC1C(c2ccccc2)=NC(c2cc3ccccc3c3ccccc23)[C@@H](C)CCC1c1cc(-n2c3ccccc3c3cc4ccccc4cc32)cc2sc3ccccc3c12. The lowest BCUT2D eigenvalue weighted by Crippen LogP contribution is -2.28. The molecule has 1 aliphatic heterocycles. The van der Waals surface area contributed by atoms with Crippen LogP contribution in [0.25, 0.3) is 80.0 Å². The van der Waals surface area contributed by atoms with E-state index < -0.39 is 0 Å². The summed E-state index contributed by atoms with van der Waals surface area (Å²) in [6.45, 7) is 4.85. The van der Waals surface area contributed by atoms with Crippen LogP contribution >= 0.6 is 11.3 Å². The molecule has 61 heavy (non-hydrogen) atoms. The fourth-order valence-corrected chi connectivity index (χ4v) is 12.2. The second-order valence-electron chi connectivity index (χ2n) is 17.3. The average molecular weight is 803 g/mol. The number of nitrogens with zero attached hydrogens (tertiary/aromatic N) is 2. The van der Waals surface area contributed by atoms with Gasteiger partial charge in [-0.15, -0.1) is 11.3 Å². The topological polar surface area (TPSA) is 17.3 Å². The zero-order valence-corrected chi connectivity index (χ0v) is 35.4. The molecule has 3 heterocycles. The monoisotopic (exact) mass is 802 g/mol. The Hall–Kier alpha value is -6.55. The molecular formula is C58H46N2S. The van der Waals surface area contributed by atoms with Crippen molar-refractivity contribution in [3.63, 3.8) is 0 Å².